The summed E-state index contributed by atoms with van der Waals surface area (Å²) in [7, 11) is 0. The van der Waals surface area contributed by atoms with Gasteiger partial charge in [-0.2, -0.15) is 5.10 Å². The van der Waals surface area contributed by atoms with Crippen molar-refractivity contribution in [1.29, 1.82) is 0 Å². The summed E-state index contributed by atoms with van der Waals surface area (Å²) in [5.74, 6) is -1.23. The first-order valence-corrected chi connectivity index (χ1v) is 9.75. The Morgan fingerprint density at radius 2 is 1.88 bits per heavy atom. The highest BCUT2D eigenvalue weighted by Gasteiger charge is 2.11. The number of nitrogens with zero attached hydrogens (tertiary/aromatic N) is 2. The zero-order chi connectivity index (χ0) is 23.8. The van der Waals surface area contributed by atoms with Gasteiger partial charge in [0, 0.05) is 23.4 Å². The number of nitro benzene ring substituents is 1. The van der Waals surface area contributed by atoms with Crippen LogP contribution in [0.4, 0.5) is 15.8 Å². The molecule has 9 nitrogen and oxygen atoms in total. The monoisotopic (exact) mass is 470 g/mol. The molecule has 3 aromatic rings. The Kier molecular flexibility index (Phi) is 7.66. The standard InChI is InChI=1S/C22H16ClFN4O5/c23-19-10-14(12-25-27-22(30)15-2-1-3-18(11-15)28(31)32)4-9-20(19)33-13-21(29)26-17-7-5-16(24)6-8-17/h1-12H,13H2,(H,26,29)(H,27,30)/b25-12+. The van der Waals surface area contributed by atoms with E-state index in [1.165, 1.54) is 60.8 Å². The average molecular weight is 471 g/mol. The van der Waals surface area contributed by atoms with Crippen LogP contribution in [0, 0.1) is 15.9 Å². The summed E-state index contributed by atoms with van der Waals surface area (Å²) in [6.07, 6.45) is 1.33. The Balaban J connectivity index is 1.53. The number of rotatable bonds is 8. The predicted molar refractivity (Wildman–Crippen MR) is 120 cm³/mol. The van der Waals surface area contributed by atoms with E-state index in [1.54, 1.807) is 6.07 Å². The van der Waals surface area contributed by atoms with E-state index in [9.17, 15) is 24.1 Å². The minimum Gasteiger partial charge on any atom is -0.482 e. The van der Waals surface area contributed by atoms with Gasteiger partial charge >= 0.3 is 0 Å². The number of carbonyl (C=O) groups is 2. The number of anilines is 1. The molecule has 0 atom stereocenters. The molecule has 0 saturated heterocycles. The summed E-state index contributed by atoms with van der Waals surface area (Å²) in [4.78, 5) is 34.2. The van der Waals surface area contributed by atoms with Gasteiger partial charge in [-0.1, -0.05) is 17.7 Å². The lowest BCUT2D eigenvalue weighted by atomic mass is 10.2. The lowest BCUT2D eigenvalue weighted by Gasteiger charge is -2.09. The van der Waals surface area contributed by atoms with Crippen molar-refractivity contribution in [2.24, 2.45) is 5.10 Å². The number of hydrogen-bond acceptors (Lipinski definition) is 6. The van der Waals surface area contributed by atoms with E-state index >= 15 is 0 Å². The first-order chi connectivity index (χ1) is 15.8. The maximum absolute atomic E-state index is 12.9. The van der Waals surface area contributed by atoms with E-state index in [1.807, 2.05) is 0 Å². The van der Waals surface area contributed by atoms with E-state index in [4.69, 9.17) is 16.3 Å². The molecule has 0 unspecified atom stereocenters. The maximum atomic E-state index is 12.9. The molecule has 0 aromatic heterocycles. The van der Waals surface area contributed by atoms with E-state index in [-0.39, 0.29) is 28.6 Å². The van der Waals surface area contributed by atoms with Gasteiger partial charge in [-0.3, -0.25) is 19.7 Å². The molecule has 2 N–H and O–H groups in total. The summed E-state index contributed by atoms with van der Waals surface area (Å²) in [6, 6.07) is 15.2. The Hall–Kier alpha value is -4.31. The third kappa shape index (κ3) is 6.84. The van der Waals surface area contributed by atoms with Crippen LogP contribution >= 0.6 is 11.6 Å². The van der Waals surface area contributed by atoms with Gasteiger partial charge < -0.3 is 10.1 Å². The van der Waals surface area contributed by atoms with Gasteiger partial charge in [0.05, 0.1) is 16.2 Å². The highest BCUT2D eigenvalue weighted by Crippen LogP contribution is 2.25. The number of nitrogens with one attached hydrogen (secondary N) is 2. The zero-order valence-corrected chi connectivity index (χ0v) is 17.6. The van der Waals surface area contributed by atoms with Crippen LogP contribution in [0.15, 0.2) is 71.8 Å². The fourth-order valence-corrected chi connectivity index (χ4v) is 2.82. The molecule has 0 radical (unpaired) electrons. The molecular formula is C22H16ClFN4O5. The van der Waals surface area contributed by atoms with Crippen molar-refractivity contribution in [1.82, 2.24) is 5.43 Å². The Morgan fingerprint density at radius 1 is 1.12 bits per heavy atom. The van der Waals surface area contributed by atoms with Gasteiger partial charge in [0.25, 0.3) is 17.5 Å². The zero-order valence-electron chi connectivity index (χ0n) is 16.8. The van der Waals surface area contributed by atoms with Crippen LogP contribution in [0.1, 0.15) is 15.9 Å². The maximum Gasteiger partial charge on any atom is 0.271 e. The first-order valence-electron chi connectivity index (χ1n) is 9.37. The van der Waals surface area contributed by atoms with Crippen LogP contribution in [-0.2, 0) is 4.79 Å². The number of ether oxygens (including phenoxy) is 1. The number of amides is 2. The molecule has 0 spiro atoms. The van der Waals surface area contributed by atoms with Gasteiger partial charge in [-0.25, -0.2) is 9.82 Å². The lowest BCUT2D eigenvalue weighted by Crippen LogP contribution is -2.20. The molecule has 11 heteroatoms. The van der Waals surface area contributed by atoms with Gasteiger partial charge in [0.2, 0.25) is 0 Å². The van der Waals surface area contributed by atoms with Crippen molar-refractivity contribution in [2.45, 2.75) is 0 Å². The van der Waals surface area contributed by atoms with E-state index in [0.717, 1.165) is 6.07 Å². The van der Waals surface area contributed by atoms with Gasteiger partial charge in [-0.05, 0) is 54.1 Å². The van der Waals surface area contributed by atoms with E-state index in [0.29, 0.717) is 11.3 Å². The second kappa shape index (κ2) is 10.8. The molecule has 0 aliphatic heterocycles. The third-order valence-corrected chi connectivity index (χ3v) is 4.44. The van der Waals surface area contributed by atoms with E-state index < -0.39 is 22.6 Å². The second-order valence-corrected chi connectivity index (χ2v) is 6.95. The molecule has 0 bridgehead atoms. The molecule has 168 valence electrons. The lowest BCUT2D eigenvalue weighted by molar-refractivity contribution is -0.384. The van der Waals surface area contributed by atoms with Crippen LogP contribution in [0.25, 0.3) is 0 Å². The molecule has 0 heterocycles. The number of halogens is 2. The fourth-order valence-electron chi connectivity index (χ4n) is 2.58. The smallest absolute Gasteiger partial charge is 0.271 e. The topological polar surface area (TPSA) is 123 Å². The highest BCUT2D eigenvalue weighted by atomic mass is 35.5. The summed E-state index contributed by atoms with van der Waals surface area (Å²) in [5, 5.41) is 17.4. The summed E-state index contributed by atoms with van der Waals surface area (Å²) < 4.78 is 18.3. The molecule has 0 saturated carbocycles. The second-order valence-electron chi connectivity index (χ2n) is 6.54. The van der Waals surface area contributed by atoms with Crippen molar-refractivity contribution in [3.8, 4) is 5.75 Å². The van der Waals surface area contributed by atoms with Gasteiger partial charge in [0.15, 0.2) is 6.61 Å². The fraction of sp³-hybridized carbons (Fsp3) is 0.0455. The largest absolute Gasteiger partial charge is 0.482 e. The van der Waals surface area contributed by atoms with Crippen LogP contribution < -0.4 is 15.5 Å². The molecule has 0 aliphatic carbocycles. The van der Waals surface area contributed by atoms with Crippen molar-refractivity contribution in [3.63, 3.8) is 0 Å². The number of non-ortho nitro benzene ring substituents is 1. The molecule has 2 amide bonds. The molecule has 33 heavy (non-hydrogen) atoms. The summed E-state index contributed by atoms with van der Waals surface area (Å²) >= 11 is 6.16. The number of hydrazone groups is 1. The molecular weight excluding hydrogens is 455 g/mol. The third-order valence-electron chi connectivity index (χ3n) is 4.14. The Labute approximate surface area is 192 Å². The molecule has 3 aromatic carbocycles. The van der Waals surface area contributed by atoms with Crippen molar-refractivity contribution >= 4 is 41.0 Å². The van der Waals surface area contributed by atoms with Gasteiger partial charge in [-0.15, -0.1) is 0 Å². The van der Waals surface area contributed by atoms with Crippen LogP contribution in [0.3, 0.4) is 0 Å². The minimum absolute atomic E-state index is 0.0852. The number of nitro groups is 1. The molecule has 3 rings (SSSR count). The number of hydrogen-bond donors (Lipinski definition) is 2. The first kappa shape index (κ1) is 23.4. The van der Waals surface area contributed by atoms with Crippen molar-refractivity contribution in [2.75, 3.05) is 11.9 Å². The normalized spacial score (nSPS) is 10.6. The predicted octanol–water partition coefficient (Wildman–Crippen LogP) is 4.17. The summed E-state index contributed by atoms with van der Waals surface area (Å²) in [5.41, 5.74) is 3.10. The Bertz CT molecular complexity index is 1220. The highest BCUT2D eigenvalue weighted by molar-refractivity contribution is 6.32. The van der Waals surface area contributed by atoms with Gasteiger partial charge in [0.1, 0.15) is 11.6 Å². The number of carbonyl (C=O) groups excluding carboxylic acids is 2. The molecule has 0 aliphatic rings. The average Bonchev–Trinajstić information content (AvgIpc) is 2.80. The van der Waals surface area contributed by atoms with E-state index in [2.05, 4.69) is 15.8 Å². The van der Waals surface area contributed by atoms with Crippen molar-refractivity contribution in [3.05, 3.63) is 98.8 Å². The van der Waals surface area contributed by atoms with Crippen LogP contribution in [0.5, 0.6) is 5.75 Å². The molecule has 0 fully saturated rings. The number of benzene rings is 3. The van der Waals surface area contributed by atoms with Crippen molar-refractivity contribution < 1.29 is 23.6 Å². The SMILES string of the molecule is O=C(COc1ccc(/C=N/NC(=O)c2cccc([N+](=O)[O-])c2)cc1Cl)Nc1ccc(F)cc1. The quantitative estimate of drug-likeness (QED) is 0.290. The van der Waals surface area contributed by atoms with Crippen LogP contribution in [-0.4, -0.2) is 29.6 Å². The minimum atomic E-state index is -0.617. The summed E-state index contributed by atoms with van der Waals surface area (Å²) in [6.45, 7) is -0.316. The van der Waals surface area contributed by atoms with Crippen LogP contribution in [0.2, 0.25) is 5.02 Å². The Morgan fingerprint density at radius 3 is 2.58 bits per heavy atom.